The van der Waals surface area contributed by atoms with E-state index in [4.69, 9.17) is 5.10 Å². The van der Waals surface area contributed by atoms with Gasteiger partial charge >= 0.3 is 0 Å². The minimum absolute atomic E-state index is 0.128. The number of aryl methyl sites for hydroxylation is 7. The summed E-state index contributed by atoms with van der Waals surface area (Å²) >= 11 is 0. The summed E-state index contributed by atoms with van der Waals surface area (Å²) in [5.74, 6) is 1.01. The Bertz CT molecular complexity index is 9160. The number of piperazine rings is 1. The maximum atomic E-state index is 9.21. The minimum Gasteiger partial charge on any atom is -0.396 e. The molecule has 26 aromatic rings. The number of nitrogens with one attached hydrogen (secondary N) is 3. The topological polar surface area (TPSA) is 207 Å². The number of nitrogens with zero attached hydrogens (tertiary/aromatic N) is 18. The van der Waals surface area contributed by atoms with Crippen molar-refractivity contribution in [1.29, 1.82) is 0 Å². The molecule has 1 aliphatic heterocycles. The molecule has 1 saturated heterocycles. The molecule has 13 aromatic carbocycles. The summed E-state index contributed by atoms with van der Waals surface area (Å²) in [6, 6.07) is 114. The maximum Gasteiger partial charge on any atom is 0.106 e. The predicted molar refractivity (Wildman–Crippen MR) is 590 cm³/mol. The Morgan fingerprint density at radius 2 is 0.653 bits per heavy atom. The van der Waals surface area contributed by atoms with Crippen molar-refractivity contribution in [3.8, 4) is 73.5 Å². The SMILES string of the molecule is CCc1nc2ccc(-c3ccnn3-c3ccc4c(c3)c3ccccc3n4CC)cc2[nH]1.CCn1c2ccccc2c2cc(-n3nccc3-c3ccc(CCN4CCNCC4)cc3)ccc21.CCn1c2ccccc2c2cc(-n3nccc3-c3ccc4[nH]c(C)cc4c3)ccc21.CCn1c2ccccc2c2cc(-n3nccc3-c3ccncc3)ccc21.CCn1c2ccccc2c2cc(-n3nccc3CCO)ccc21. The normalized spacial score (nSPS) is 12.4. The molecule has 0 saturated carbocycles. The Labute approximate surface area is 833 Å². The second-order valence-corrected chi connectivity index (χ2v) is 36.8. The van der Waals surface area contributed by atoms with Gasteiger partial charge in [-0.3, -0.25) is 4.98 Å². The summed E-state index contributed by atoms with van der Waals surface area (Å²) < 4.78 is 21.9. The molecule has 144 heavy (non-hydrogen) atoms. The quantitative estimate of drug-likeness (QED) is 0.0568. The smallest absolute Gasteiger partial charge is 0.106 e. The number of aromatic amines is 2. The van der Waals surface area contributed by atoms with Crippen LogP contribution in [0.5, 0.6) is 0 Å². The third-order valence-electron chi connectivity index (χ3n) is 28.6. The highest BCUT2D eigenvalue weighted by Crippen LogP contribution is 2.40. The summed E-state index contributed by atoms with van der Waals surface area (Å²) in [5.41, 5.74) is 33.7. The molecule has 0 atom stereocenters. The number of aromatic nitrogens is 19. The van der Waals surface area contributed by atoms with Crippen molar-refractivity contribution < 1.29 is 5.11 Å². The van der Waals surface area contributed by atoms with Crippen LogP contribution in [0.2, 0.25) is 0 Å². The van der Waals surface area contributed by atoms with Crippen molar-refractivity contribution in [2.45, 2.75) is 100 Å². The van der Waals surface area contributed by atoms with E-state index < -0.39 is 0 Å². The molecule has 712 valence electrons. The maximum absolute atomic E-state index is 9.21. The van der Waals surface area contributed by atoms with Gasteiger partial charge in [0.2, 0.25) is 0 Å². The number of fused-ring (bicyclic) bond motifs is 17. The largest absolute Gasteiger partial charge is 0.396 e. The number of pyridine rings is 1. The first-order valence-corrected chi connectivity index (χ1v) is 50.4. The number of benzene rings is 13. The molecule has 0 radical (unpaired) electrons. The fourth-order valence-corrected chi connectivity index (χ4v) is 21.8. The average molecular weight is 1890 g/mol. The molecule has 14 heterocycles. The van der Waals surface area contributed by atoms with Gasteiger partial charge in [-0.1, -0.05) is 134 Å². The van der Waals surface area contributed by atoms with Crippen LogP contribution in [-0.4, -0.2) is 141 Å². The van der Waals surface area contributed by atoms with E-state index in [1.807, 2.05) is 80.2 Å². The molecule has 0 amide bonds. The van der Waals surface area contributed by atoms with Crippen LogP contribution in [0.3, 0.4) is 0 Å². The number of H-pyrrole nitrogens is 2. The Morgan fingerprint density at radius 1 is 0.299 bits per heavy atom. The van der Waals surface area contributed by atoms with Crippen LogP contribution in [0.4, 0.5) is 0 Å². The van der Waals surface area contributed by atoms with Crippen LogP contribution in [0.15, 0.2) is 365 Å². The number of aliphatic hydroxyl groups excluding tert-OH is 1. The third kappa shape index (κ3) is 16.9. The van der Waals surface area contributed by atoms with Gasteiger partial charge < -0.3 is 48.1 Å². The van der Waals surface area contributed by atoms with Gasteiger partial charge in [-0.15, -0.1) is 0 Å². The number of para-hydroxylation sites is 5. The summed E-state index contributed by atoms with van der Waals surface area (Å²) in [5, 5.41) is 49.6. The molecule has 13 aromatic heterocycles. The summed E-state index contributed by atoms with van der Waals surface area (Å²) in [4.78, 5) is 18.1. The number of hydrogen-bond donors (Lipinski definition) is 4. The zero-order valence-corrected chi connectivity index (χ0v) is 82.0. The van der Waals surface area contributed by atoms with Crippen molar-refractivity contribution in [1.82, 2.24) is 102 Å². The van der Waals surface area contributed by atoms with E-state index in [0.29, 0.717) is 6.42 Å². The molecule has 22 heteroatoms. The fourth-order valence-electron chi connectivity index (χ4n) is 21.8. The second-order valence-electron chi connectivity index (χ2n) is 36.8. The highest BCUT2D eigenvalue weighted by Gasteiger charge is 2.23. The van der Waals surface area contributed by atoms with E-state index in [2.05, 4.69) is 424 Å². The van der Waals surface area contributed by atoms with Crippen molar-refractivity contribution in [2.75, 3.05) is 39.3 Å². The highest BCUT2D eigenvalue weighted by atomic mass is 16.3. The molecule has 27 rings (SSSR count). The number of rotatable bonds is 20. The lowest BCUT2D eigenvalue weighted by Crippen LogP contribution is -2.44. The molecule has 0 spiro atoms. The Hall–Kier alpha value is -17.1. The Kier molecular flexibility index (Phi) is 24.9. The van der Waals surface area contributed by atoms with Gasteiger partial charge in [0, 0.05) is 257 Å². The Morgan fingerprint density at radius 3 is 1.06 bits per heavy atom. The van der Waals surface area contributed by atoms with Crippen LogP contribution >= 0.6 is 0 Å². The van der Waals surface area contributed by atoms with E-state index in [1.54, 1.807) is 6.20 Å². The second kappa shape index (κ2) is 39.6. The van der Waals surface area contributed by atoms with Crippen LogP contribution in [0.25, 0.3) is 204 Å². The number of imidazole rings is 1. The lowest BCUT2D eigenvalue weighted by Gasteiger charge is -2.27. The zero-order chi connectivity index (χ0) is 97.4. The Balaban J connectivity index is 0.000000100. The van der Waals surface area contributed by atoms with Gasteiger partial charge in [-0.2, -0.15) is 25.5 Å². The molecular weight excluding hydrogens is 1780 g/mol. The summed E-state index contributed by atoms with van der Waals surface area (Å²) in [7, 11) is 0. The summed E-state index contributed by atoms with van der Waals surface area (Å²) in [6.07, 6.45) is 15.5. The molecule has 22 nitrogen and oxygen atoms in total. The van der Waals surface area contributed by atoms with E-state index in [1.165, 1.54) is 131 Å². The summed E-state index contributed by atoms with van der Waals surface area (Å²) in [6.45, 7) is 25.7. The van der Waals surface area contributed by atoms with Crippen molar-refractivity contribution in [3.05, 3.63) is 388 Å². The predicted octanol–water partition coefficient (Wildman–Crippen LogP) is 26.3. The van der Waals surface area contributed by atoms with Crippen LogP contribution in [0.1, 0.15) is 64.3 Å². The van der Waals surface area contributed by atoms with Gasteiger partial charge in [0.1, 0.15) is 5.82 Å². The number of aliphatic hydroxyl groups is 1. The van der Waals surface area contributed by atoms with Gasteiger partial charge in [-0.05, 0) is 248 Å². The van der Waals surface area contributed by atoms with Gasteiger partial charge in [0.25, 0.3) is 0 Å². The first-order chi connectivity index (χ1) is 71.0. The van der Waals surface area contributed by atoms with Gasteiger partial charge in [-0.25, -0.2) is 28.4 Å². The van der Waals surface area contributed by atoms with Crippen LogP contribution in [-0.2, 0) is 52.0 Å². The molecular formula is C122H113N21O. The molecule has 1 aliphatic rings. The first kappa shape index (κ1) is 90.8. The molecule has 0 aliphatic carbocycles. The molecule has 0 unspecified atom stereocenters. The average Bonchev–Trinajstić information content (AvgIpc) is 1.62. The van der Waals surface area contributed by atoms with E-state index in [-0.39, 0.29) is 6.61 Å². The molecule has 0 bridgehead atoms. The molecule has 4 N–H and O–H groups in total. The lowest BCUT2D eigenvalue weighted by atomic mass is 10.1. The number of hydrogen-bond acceptors (Lipinski definition) is 10. The van der Waals surface area contributed by atoms with Gasteiger partial charge in [0.05, 0.1) is 87.0 Å². The zero-order valence-electron chi connectivity index (χ0n) is 82.0. The van der Waals surface area contributed by atoms with Crippen molar-refractivity contribution in [3.63, 3.8) is 0 Å². The van der Waals surface area contributed by atoms with Gasteiger partial charge in [0.15, 0.2) is 0 Å². The van der Waals surface area contributed by atoms with E-state index in [0.717, 1.165) is 174 Å². The monoisotopic (exact) mass is 1890 g/mol. The fraction of sp³-hybridized carbons (Fsp3) is 0.172. The van der Waals surface area contributed by atoms with Crippen molar-refractivity contribution in [2.24, 2.45) is 0 Å². The van der Waals surface area contributed by atoms with Crippen molar-refractivity contribution >= 4 is 131 Å². The van der Waals surface area contributed by atoms with Crippen LogP contribution in [0, 0.1) is 6.92 Å². The highest BCUT2D eigenvalue weighted by molar-refractivity contribution is 6.13. The van der Waals surface area contributed by atoms with E-state index >= 15 is 0 Å². The first-order valence-electron chi connectivity index (χ1n) is 50.4. The van der Waals surface area contributed by atoms with Crippen LogP contribution < -0.4 is 5.32 Å². The standard InChI is InChI=1S/C29H31N5.C26H23N5.C26H22N4.C22H18N4.C19H19N3O/c1-2-33-28-6-4-3-5-25(28)26-21-24(11-12-29(26)33)34-27(13-15-31-34)23-9-7-22(8-10-23)14-18-32-19-16-30-17-20-32;1-3-26-28-21-11-9-17(15-22(21)29-26)23-13-14-27-31(23)18-10-12-25-20(16-18)19-7-5-6-8-24(19)30(25)4-2;1-3-29-25-7-5-4-6-21(25)22-16-20(9-11-26(22)29)30-24(12-13-27-30)18-8-10-23-19(15-18)14-17(2)28-23;1-2-25-21-6-4-3-5-18(21)19-15-17(7-8-22(19)25)26-20(11-14-24-26)16-9-12-23-13-10-16;1-2-21-18-6-4-3-5-16(18)17-13-15(7-8-19(17)21)22-14(10-12-23)9-11-20-22/h3-13,15,21,30H,2,14,16-20H2,1H3;5-16H,3-4H2,1-2H3,(H,28,29);4-16,28H,3H2,1-2H3;3-15H,2H2,1H3;3-9,11,13,23H,2,10,12H2,1H3. The lowest BCUT2D eigenvalue weighted by molar-refractivity contribution is 0.244. The third-order valence-corrected chi connectivity index (χ3v) is 28.6. The minimum atomic E-state index is 0.128. The molecule has 1 fully saturated rings. The van der Waals surface area contributed by atoms with E-state index in [9.17, 15) is 5.11 Å².